The van der Waals surface area contributed by atoms with E-state index in [1.165, 1.54) is 0 Å². The Balaban J connectivity index is 4.05. The fraction of sp³-hybridized carbons (Fsp3) is 0.528. The zero-order valence-corrected chi connectivity index (χ0v) is 29.4. The van der Waals surface area contributed by atoms with Crippen molar-refractivity contribution in [2.75, 3.05) is 19.8 Å². The minimum absolute atomic E-state index is 0.0153. The van der Waals surface area contributed by atoms with Gasteiger partial charge in [0, 0.05) is 6.42 Å². The van der Waals surface area contributed by atoms with Gasteiger partial charge in [-0.15, -0.1) is 0 Å². The molecule has 0 fully saturated rings. The van der Waals surface area contributed by atoms with Gasteiger partial charge in [-0.1, -0.05) is 112 Å². The van der Waals surface area contributed by atoms with Crippen LogP contribution in [0.1, 0.15) is 90.9 Å². The summed E-state index contributed by atoms with van der Waals surface area (Å²) in [5.74, 6) is -2.57. The molecule has 1 amide bonds. The van der Waals surface area contributed by atoms with E-state index in [4.69, 9.17) is 4.74 Å². The molecule has 0 aliphatic heterocycles. The van der Waals surface area contributed by atoms with Gasteiger partial charge in [-0.3, -0.25) is 18.6 Å². The third-order valence-electron chi connectivity index (χ3n) is 6.23. The van der Waals surface area contributed by atoms with Crippen LogP contribution in [0.25, 0.3) is 0 Å². The number of carbonyl (C=O) groups is 3. The maximum absolute atomic E-state index is 12.1. The second-order valence-electron chi connectivity index (χ2n) is 10.6. The predicted molar refractivity (Wildman–Crippen MR) is 189 cm³/mol. The number of unbranched alkanes of at least 4 members (excludes halogenated alkanes) is 2. The van der Waals surface area contributed by atoms with E-state index in [0.29, 0.717) is 12.8 Å². The van der Waals surface area contributed by atoms with Gasteiger partial charge in [0.25, 0.3) is 0 Å². The van der Waals surface area contributed by atoms with Gasteiger partial charge in [0.2, 0.25) is 5.91 Å². The van der Waals surface area contributed by atoms with Gasteiger partial charge in [-0.25, -0.2) is 9.36 Å². The normalized spacial score (nSPS) is 15.1. The highest BCUT2D eigenvalue weighted by Gasteiger charge is 2.28. The van der Waals surface area contributed by atoms with Crippen molar-refractivity contribution >= 4 is 25.7 Å². The summed E-state index contributed by atoms with van der Waals surface area (Å²) in [5, 5.41) is 21.4. The van der Waals surface area contributed by atoms with E-state index in [-0.39, 0.29) is 12.8 Å². The molecule has 3 atom stereocenters. The lowest BCUT2D eigenvalue weighted by atomic mass is 10.2. The molecule has 0 aromatic carbocycles. The molecule has 270 valence electrons. The summed E-state index contributed by atoms with van der Waals surface area (Å²) in [5.41, 5.74) is 0. The van der Waals surface area contributed by atoms with Crippen LogP contribution in [0.3, 0.4) is 0 Å². The monoisotopic (exact) mass is 693 g/mol. The third-order valence-corrected chi connectivity index (χ3v) is 7.18. The van der Waals surface area contributed by atoms with Crippen molar-refractivity contribution in [1.29, 1.82) is 0 Å². The SMILES string of the molecule is CC/C=C\C/C=C\C/C=C\C/C=C\C/C=C\C/C=C\C/C=C\CC(=O)OCC(O)COP(=O)(O)OCC(NC(=O)CCCCC)C(=O)O. The Kier molecular flexibility index (Phi) is 28.8. The van der Waals surface area contributed by atoms with Gasteiger partial charge in [0.15, 0.2) is 6.04 Å². The van der Waals surface area contributed by atoms with Crippen molar-refractivity contribution in [2.24, 2.45) is 0 Å². The third kappa shape index (κ3) is 30.0. The first-order chi connectivity index (χ1) is 23.1. The quantitative estimate of drug-likeness (QED) is 0.0272. The Hall–Kier alpha value is -3.34. The van der Waals surface area contributed by atoms with Gasteiger partial charge in [-0.05, 0) is 51.4 Å². The average molecular weight is 694 g/mol. The molecule has 3 unspecified atom stereocenters. The molecule has 0 aliphatic carbocycles. The summed E-state index contributed by atoms with van der Waals surface area (Å²) in [4.78, 5) is 44.8. The lowest BCUT2D eigenvalue weighted by molar-refractivity contribution is -0.146. The van der Waals surface area contributed by atoms with E-state index in [1.807, 2.05) is 25.2 Å². The molecule has 0 heterocycles. The van der Waals surface area contributed by atoms with Gasteiger partial charge >= 0.3 is 19.8 Å². The molecule has 12 heteroatoms. The number of nitrogens with one attached hydrogen (secondary N) is 1. The zero-order chi connectivity index (χ0) is 35.7. The number of esters is 1. The standard InChI is InChI=1S/C36H56NO10P/c1-3-5-7-8-9-10-11-12-13-14-15-16-17-18-19-20-21-22-23-24-26-28-35(40)45-29-32(38)30-46-48(43,44)47-31-33(36(41)42)37-34(39)27-25-6-4-2/h5,7,9-10,12-13,15-16,18-19,21-22,24,26,32-33,38H,3-4,6,8,11,14,17,20,23,25,27-31H2,1-2H3,(H,37,39)(H,41,42)(H,43,44)/b7-5-,10-9-,13-12-,16-15-,19-18-,22-21-,26-24-. The molecular weight excluding hydrogens is 637 g/mol. The van der Waals surface area contributed by atoms with E-state index in [1.54, 1.807) is 6.08 Å². The van der Waals surface area contributed by atoms with E-state index >= 15 is 0 Å². The van der Waals surface area contributed by atoms with Crippen molar-refractivity contribution in [2.45, 2.75) is 103 Å². The Morgan fingerprint density at radius 3 is 1.60 bits per heavy atom. The van der Waals surface area contributed by atoms with Crippen LogP contribution < -0.4 is 5.32 Å². The van der Waals surface area contributed by atoms with Crippen LogP contribution in [0.2, 0.25) is 0 Å². The summed E-state index contributed by atoms with van der Waals surface area (Å²) < 4.78 is 26.3. The first-order valence-corrected chi connectivity index (χ1v) is 18.1. The van der Waals surface area contributed by atoms with Gasteiger partial charge < -0.3 is 25.2 Å². The van der Waals surface area contributed by atoms with Gasteiger partial charge in [0.1, 0.15) is 12.7 Å². The van der Waals surface area contributed by atoms with Crippen LogP contribution in [0.15, 0.2) is 85.1 Å². The number of aliphatic hydroxyl groups excluding tert-OH is 1. The highest BCUT2D eigenvalue weighted by Crippen LogP contribution is 2.43. The molecule has 48 heavy (non-hydrogen) atoms. The summed E-state index contributed by atoms with van der Waals surface area (Å²) in [6.07, 6.45) is 36.3. The Morgan fingerprint density at radius 1 is 0.688 bits per heavy atom. The second-order valence-corrected chi connectivity index (χ2v) is 12.1. The lowest BCUT2D eigenvalue weighted by Gasteiger charge is -2.18. The molecule has 0 aliphatic rings. The maximum atomic E-state index is 12.1. The predicted octanol–water partition coefficient (Wildman–Crippen LogP) is 7.21. The summed E-state index contributed by atoms with van der Waals surface area (Å²) in [7, 11) is -4.75. The lowest BCUT2D eigenvalue weighted by Crippen LogP contribution is -2.43. The molecule has 0 aromatic heterocycles. The number of carbonyl (C=O) groups excluding carboxylic acids is 2. The second kappa shape index (κ2) is 31.0. The number of amides is 1. The number of hydrogen-bond acceptors (Lipinski definition) is 8. The molecule has 0 saturated heterocycles. The highest BCUT2D eigenvalue weighted by atomic mass is 31.2. The molecule has 0 spiro atoms. The first-order valence-electron chi connectivity index (χ1n) is 16.6. The Labute approximate surface area is 286 Å². The van der Waals surface area contributed by atoms with Crippen LogP contribution in [-0.2, 0) is 32.7 Å². The molecule has 0 aromatic rings. The molecule has 0 saturated carbocycles. The summed E-state index contributed by atoms with van der Waals surface area (Å²) >= 11 is 0. The highest BCUT2D eigenvalue weighted by molar-refractivity contribution is 7.47. The summed E-state index contributed by atoms with van der Waals surface area (Å²) in [6.45, 7) is 2.08. The smallest absolute Gasteiger partial charge is 0.472 e. The van der Waals surface area contributed by atoms with Crippen LogP contribution in [0, 0.1) is 0 Å². The molecule has 11 nitrogen and oxygen atoms in total. The topological polar surface area (TPSA) is 169 Å². The fourth-order valence-electron chi connectivity index (χ4n) is 3.63. The number of phosphoric acid groups is 1. The van der Waals surface area contributed by atoms with Crippen molar-refractivity contribution in [3.05, 3.63) is 85.1 Å². The minimum atomic E-state index is -4.75. The van der Waals surface area contributed by atoms with Crippen molar-refractivity contribution < 1.29 is 47.8 Å². The fourth-order valence-corrected chi connectivity index (χ4v) is 4.40. The van der Waals surface area contributed by atoms with Crippen LogP contribution in [0.4, 0.5) is 0 Å². The molecule has 0 bridgehead atoms. The largest absolute Gasteiger partial charge is 0.480 e. The number of aliphatic carboxylic acids is 1. The maximum Gasteiger partial charge on any atom is 0.472 e. The molecular formula is C36H56NO10P. The number of allylic oxidation sites excluding steroid dienone is 13. The van der Waals surface area contributed by atoms with Crippen LogP contribution in [0.5, 0.6) is 0 Å². The number of carboxylic acid groups (broad SMARTS) is 1. The van der Waals surface area contributed by atoms with Gasteiger partial charge in [0.05, 0.1) is 19.6 Å². The first kappa shape index (κ1) is 44.7. The van der Waals surface area contributed by atoms with Crippen molar-refractivity contribution in [3.63, 3.8) is 0 Å². The number of phosphoric ester groups is 1. The van der Waals surface area contributed by atoms with E-state index in [2.05, 4.69) is 82.0 Å². The zero-order valence-electron chi connectivity index (χ0n) is 28.5. The number of carboxylic acids is 1. The van der Waals surface area contributed by atoms with Gasteiger partial charge in [-0.2, -0.15) is 0 Å². The Morgan fingerprint density at radius 2 is 1.15 bits per heavy atom. The van der Waals surface area contributed by atoms with E-state index in [9.17, 15) is 34.1 Å². The minimum Gasteiger partial charge on any atom is -0.480 e. The molecule has 0 rings (SSSR count). The molecule has 0 radical (unpaired) electrons. The number of hydrogen-bond donors (Lipinski definition) is 4. The number of ether oxygens (including phenoxy) is 1. The van der Waals surface area contributed by atoms with Crippen molar-refractivity contribution in [3.8, 4) is 0 Å². The van der Waals surface area contributed by atoms with Crippen molar-refractivity contribution in [1.82, 2.24) is 5.32 Å². The van der Waals surface area contributed by atoms with E-state index in [0.717, 1.165) is 51.4 Å². The van der Waals surface area contributed by atoms with Crippen LogP contribution >= 0.6 is 7.82 Å². The number of rotatable bonds is 29. The van der Waals surface area contributed by atoms with Crippen LogP contribution in [-0.4, -0.2) is 64.9 Å². The Bertz CT molecular complexity index is 1140. The molecule has 4 N–H and O–H groups in total. The summed E-state index contributed by atoms with van der Waals surface area (Å²) in [6, 6.07) is -1.55. The van der Waals surface area contributed by atoms with E-state index < -0.39 is 57.6 Å². The number of aliphatic hydroxyl groups is 1. The average Bonchev–Trinajstić information content (AvgIpc) is 3.05.